The molecule has 2 heteroatoms. The first kappa shape index (κ1) is 17.2. The number of nitrogens with zero attached hydrogens (tertiary/aromatic N) is 1. The van der Waals surface area contributed by atoms with E-state index in [-0.39, 0.29) is 12.6 Å². The number of benzene rings is 2. The van der Waals surface area contributed by atoms with Gasteiger partial charge in [0.15, 0.2) is 0 Å². The van der Waals surface area contributed by atoms with Crippen molar-refractivity contribution in [1.29, 1.82) is 0 Å². The maximum absolute atomic E-state index is 10.2. The van der Waals surface area contributed by atoms with Crippen LogP contribution in [-0.4, -0.2) is 23.2 Å². The Morgan fingerprint density at radius 3 is 2.21 bits per heavy atom. The molecule has 0 amide bonds. The molecule has 3 rings (SSSR count). The fourth-order valence-corrected chi connectivity index (χ4v) is 4.23. The quantitative estimate of drug-likeness (QED) is 0.843. The molecule has 1 heterocycles. The first-order valence-electron chi connectivity index (χ1n) is 9.17. The highest BCUT2D eigenvalue weighted by atomic mass is 16.3. The Morgan fingerprint density at radius 1 is 1.00 bits per heavy atom. The number of aliphatic hydroxyl groups is 1. The molecule has 1 aliphatic rings. The van der Waals surface area contributed by atoms with E-state index in [4.69, 9.17) is 0 Å². The third kappa shape index (κ3) is 3.13. The monoisotopic (exact) mass is 323 g/mol. The summed E-state index contributed by atoms with van der Waals surface area (Å²) < 4.78 is 0. The summed E-state index contributed by atoms with van der Waals surface area (Å²) in [5.41, 5.74) is 4.15. The van der Waals surface area contributed by atoms with Gasteiger partial charge in [-0.3, -0.25) is 4.90 Å². The summed E-state index contributed by atoms with van der Waals surface area (Å²) in [6.45, 7) is 8.04. The summed E-state index contributed by atoms with van der Waals surface area (Å²) in [5, 5.41) is 10.2. The van der Waals surface area contributed by atoms with Gasteiger partial charge in [-0.1, -0.05) is 75.4 Å². The Labute approximate surface area is 146 Å². The van der Waals surface area contributed by atoms with Crippen LogP contribution in [0.2, 0.25) is 0 Å². The second-order valence-electron chi connectivity index (χ2n) is 7.21. The van der Waals surface area contributed by atoms with Crippen LogP contribution in [0, 0.1) is 5.92 Å². The van der Waals surface area contributed by atoms with Crippen LogP contribution in [-0.2, 0) is 0 Å². The molecule has 0 fully saturated rings. The van der Waals surface area contributed by atoms with Crippen molar-refractivity contribution in [1.82, 2.24) is 4.90 Å². The lowest BCUT2D eigenvalue weighted by atomic mass is 9.78. The molecule has 0 spiro atoms. The second-order valence-corrected chi connectivity index (χ2v) is 7.21. The van der Waals surface area contributed by atoms with Gasteiger partial charge in [0, 0.05) is 12.6 Å². The standard InChI is InChI=1S/C22H29NO/c1-4-21-19-13-9-8-12-18(19)20(16(2)3)14-23(21)22(15-24)17-10-6-5-7-11-17/h5-13,16,20-22,24H,4,14-15H2,1-3H3/t20-,21-,22+/m1/s1. The van der Waals surface area contributed by atoms with Gasteiger partial charge >= 0.3 is 0 Å². The lowest BCUT2D eigenvalue weighted by molar-refractivity contribution is 0.0570. The molecule has 0 saturated heterocycles. The molecule has 2 aromatic carbocycles. The highest BCUT2D eigenvalue weighted by molar-refractivity contribution is 5.37. The molecule has 24 heavy (non-hydrogen) atoms. The second kappa shape index (κ2) is 7.50. The number of rotatable bonds is 5. The molecule has 2 nitrogen and oxygen atoms in total. The van der Waals surface area contributed by atoms with Crippen molar-refractivity contribution in [3.05, 3.63) is 71.3 Å². The van der Waals surface area contributed by atoms with Gasteiger partial charge in [-0.15, -0.1) is 0 Å². The van der Waals surface area contributed by atoms with Crippen molar-refractivity contribution in [2.45, 2.75) is 45.2 Å². The van der Waals surface area contributed by atoms with Crippen LogP contribution in [0.5, 0.6) is 0 Å². The maximum Gasteiger partial charge on any atom is 0.0628 e. The van der Waals surface area contributed by atoms with E-state index in [2.05, 4.69) is 74.2 Å². The molecule has 0 saturated carbocycles. The molecular weight excluding hydrogens is 294 g/mol. The number of hydrogen-bond acceptors (Lipinski definition) is 2. The SMILES string of the molecule is CC[C@@H]1c2ccccc2[C@@H](C(C)C)CN1[C@@H](CO)c1ccccc1. The summed E-state index contributed by atoms with van der Waals surface area (Å²) in [6, 6.07) is 19.8. The van der Waals surface area contributed by atoms with Gasteiger partial charge in [0.05, 0.1) is 12.6 Å². The highest BCUT2D eigenvalue weighted by Crippen LogP contribution is 2.44. The van der Waals surface area contributed by atoms with Gasteiger partial charge in [0.25, 0.3) is 0 Å². The third-order valence-corrected chi connectivity index (χ3v) is 5.51. The first-order valence-corrected chi connectivity index (χ1v) is 9.17. The fourth-order valence-electron chi connectivity index (χ4n) is 4.23. The molecule has 0 radical (unpaired) electrons. The van der Waals surface area contributed by atoms with Crippen LogP contribution >= 0.6 is 0 Å². The molecule has 1 N–H and O–H groups in total. The summed E-state index contributed by atoms with van der Waals surface area (Å²) in [6.07, 6.45) is 1.06. The van der Waals surface area contributed by atoms with E-state index in [0.717, 1.165) is 13.0 Å². The predicted molar refractivity (Wildman–Crippen MR) is 100 cm³/mol. The molecule has 1 aliphatic heterocycles. The highest BCUT2D eigenvalue weighted by Gasteiger charge is 2.37. The Morgan fingerprint density at radius 2 is 1.62 bits per heavy atom. The number of fused-ring (bicyclic) bond motifs is 1. The van der Waals surface area contributed by atoms with E-state index in [1.807, 2.05) is 6.07 Å². The van der Waals surface area contributed by atoms with Gasteiger partial charge in [0.2, 0.25) is 0 Å². The lowest BCUT2D eigenvalue weighted by Crippen LogP contribution is -2.42. The Bertz CT molecular complexity index is 652. The van der Waals surface area contributed by atoms with Crippen molar-refractivity contribution >= 4 is 0 Å². The Hall–Kier alpha value is -1.64. The zero-order chi connectivity index (χ0) is 17.1. The average Bonchev–Trinajstić information content (AvgIpc) is 2.62. The van der Waals surface area contributed by atoms with E-state index >= 15 is 0 Å². The van der Waals surface area contributed by atoms with Gasteiger partial charge in [-0.25, -0.2) is 0 Å². The van der Waals surface area contributed by atoms with E-state index in [9.17, 15) is 5.11 Å². The number of hydrogen-bond donors (Lipinski definition) is 1. The van der Waals surface area contributed by atoms with Crippen LogP contribution in [0.15, 0.2) is 54.6 Å². The zero-order valence-electron chi connectivity index (χ0n) is 15.0. The minimum absolute atomic E-state index is 0.0609. The van der Waals surface area contributed by atoms with Gasteiger partial charge in [0.1, 0.15) is 0 Å². The molecule has 128 valence electrons. The van der Waals surface area contributed by atoms with E-state index in [1.165, 1.54) is 16.7 Å². The summed E-state index contributed by atoms with van der Waals surface area (Å²) in [7, 11) is 0. The van der Waals surface area contributed by atoms with Gasteiger partial charge in [-0.05, 0) is 34.9 Å². The van der Waals surface area contributed by atoms with Gasteiger partial charge < -0.3 is 5.11 Å². The Kier molecular flexibility index (Phi) is 5.37. The van der Waals surface area contributed by atoms with E-state index < -0.39 is 0 Å². The van der Waals surface area contributed by atoms with Crippen LogP contribution in [0.25, 0.3) is 0 Å². The van der Waals surface area contributed by atoms with Gasteiger partial charge in [-0.2, -0.15) is 0 Å². The molecular formula is C22H29NO. The average molecular weight is 323 g/mol. The zero-order valence-corrected chi connectivity index (χ0v) is 15.0. The van der Waals surface area contributed by atoms with Crippen molar-refractivity contribution in [3.63, 3.8) is 0 Å². The van der Waals surface area contributed by atoms with Crippen LogP contribution in [0.3, 0.4) is 0 Å². The Balaban J connectivity index is 2.04. The first-order chi connectivity index (χ1) is 11.7. The number of aliphatic hydroxyl groups excluding tert-OH is 1. The minimum atomic E-state index is 0.0609. The molecule has 0 aliphatic carbocycles. The summed E-state index contributed by atoms with van der Waals surface area (Å²) >= 11 is 0. The van der Waals surface area contributed by atoms with Crippen molar-refractivity contribution in [2.75, 3.05) is 13.2 Å². The van der Waals surface area contributed by atoms with Crippen LogP contribution < -0.4 is 0 Å². The van der Waals surface area contributed by atoms with E-state index in [1.54, 1.807) is 0 Å². The summed E-state index contributed by atoms with van der Waals surface area (Å²) in [4.78, 5) is 2.53. The molecule has 0 bridgehead atoms. The largest absolute Gasteiger partial charge is 0.394 e. The summed E-state index contributed by atoms with van der Waals surface area (Å²) in [5.74, 6) is 1.10. The molecule has 2 aromatic rings. The fraction of sp³-hybridized carbons (Fsp3) is 0.455. The van der Waals surface area contributed by atoms with Crippen molar-refractivity contribution in [3.8, 4) is 0 Å². The molecule has 3 atom stereocenters. The minimum Gasteiger partial charge on any atom is -0.394 e. The molecule has 0 aromatic heterocycles. The third-order valence-electron chi connectivity index (χ3n) is 5.51. The normalized spacial score (nSPS) is 22.4. The smallest absolute Gasteiger partial charge is 0.0628 e. The van der Waals surface area contributed by atoms with E-state index in [0.29, 0.717) is 17.9 Å². The van der Waals surface area contributed by atoms with Crippen LogP contribution in [0.1, 0.15) is 61.9 Å². The topological polar surface area (TPSA) is 23.5 Å². The lowest BCUT2D eigenvalue weighted by Gasteiger charge is -2.46. The molecule has 0 unspecified atom stereocenters. The van der Waals surface area contributed by atoms with Crippen molar-refractivity contribution in [2.24, 2.45) is 5.92 Å². The predicted octanol–water partition coefficient (Wildman–Crippen LogP) is 4.93. The van der Waals surface area contributed by atoms with Crippen LogP contribution in [0.4, 0.5) is 0 Å². The van der Waals surface area contributed by atoms with Crippen molar-refractivity contribution < 1.29 is 5.11 Å². The maximum atomic E-state index is 10.2.